The number of unbranched alkanes of at least 4 members (excludes halogenated alkanes) is 11. The van der Waals surface area contributed by atoms with Crippen LogP contribution in [0, 0.1) is 0 Å². The van der Waals surface area contributed by atoms with Gasteiger partial charge >= 0.3 is 5.97 Å². The second kappa shape index (κ2) is 21.5. The number of carbonyl (C=O) groups excluding carboxylic acids is 1. The van der Waals surface area contributed by atoms with E-state index in [-0.39, 0.29) is 42.6 Å². The van der Waals surface area contributed by atoms with Crippen molar-refractivity contribution in [1.29, 1.82) is 0 Å². The van der Waals surface area contributed by atoms with Crippen molar-refractivity contribution < 1.29 is 34.3 Å². The van der Waals surface area contributed by atoms with Crippen LogP contribution >= 0.6 is 0 Å². The number of ether oxygens (including phenoxy) is 3. The van der Waals surface area contributed by atoms with Gasteiger partial charge in [-0.05, 0) is 77.2 Å². The monoisotopic (exact) mass is 620 g/mol. The van der Waals surface area contributed by atoms with E-state index in [1.165, 1.54) is 44.9 Å². The molecule has 8 atom stereocenters. The molecule has 0 spiro atoms. The van der Waals surface area contributed by atoms with Crippen LogP contribution in [0.2, 0.25) is 0 Å². The van der Waals surface area contributed by atoms with Crippen molar-refractivity contribution in [2.24, 2.45) is 0 Å². The molecule has 44 heavy (non-hydrogen) atoms. The van der Waals surface area contributed by atoms with Gasteiger partial charge in [0.05, 0.1) is 42.7 Å². The summed E-state index contributed by atoms with van der Waals surface area (Å²) in [5.74, 6) is -0.288. The number of rotatable bonds is 24. The lowest BCUT2D eigenvalue weighted by Crippen LogP contribution is -2.33. The Morgan fingerprint density at radius 1 is 0.727 bits per heavy atom. The van der Waals surface area contributed by atoms with Crippen molar-refractivity contribution in [3.63, 3.8) is 0 Å². The molecule has 0 aliphatic carbocycles. The molecule has 0 radical (unpaired) electrons. The maximum Gasteiger partial charge on any atom is 0.334 e. The predicted octanol–water partition coefficient (Wildman–Crippen LogP) is 7.63. The number of allylic oxidation sites excluding steroid dienone is 2. The lowest BCUT2D eigenvalue weighted by Gasteiger charge is -2.24. The molecule has 0 aromatic rings. The molecule has 3 rings (SSSR count). The molecule has 0 bridgehead atoms. The molecule has 3 aliphatic heterocycles. The third kappa shape index (κ3) is 14.0. The Labute approximate surface area is 267 Å². The van der Waals surface area contributed by atoms with Crippen LogP contribution in [0.25, 0.3) is 0 Å². The highest BCUT2D eigenvalue weighted by molar-refractivity contribution is 5.90. The maximum absolute atomic E-state index is 11.7. The van der Waals surface area contributed by atoms with E-state index in [1.807, 2.05) is 6.92 Å². The number of aliphatic hydroxyl groups excluding tert-OH is 3. The number of cyclic esters (lactones) is 1. The van der Waals surface area contributed by atoms with Gasteiger partial charge in [0.15, 0.2) is 0 Å². The van der Waals surface area contributed by atoms with Crippen molar-refractivity contribution in [3.8, 4) is 0 Å². The van der Waals surface area contributed by atoms with Gasteiger partial charge < -0.3 is 29.5 Å². The Bertz CT molecular complexity index is 842. The van der Waals surface area contributed by atoms with Crippen LogP contribution in [0.3, 0.4) is 0 Å². The molecule has 0 aromatic carbocycles. The minimum Gasteiger partial charge on any atom is -0.455 e. The topological polar surface area (TPSA) is 105 Å². The Balaban J connectivity index is 1.15. The van der Waals surface area contributed by atoms with Crippen LogP contribution in [0.15, 0.2) is 23.8 Å². The fourth-order valence-electron chi connectivity index (χ4n) is 6.99. The predicted molar refractivity (Wildman–Crippen MR) is 175 cm³/mol. The fourth-order valence-corrected chi connectivity index (χ4v) is 6.99. The van der Waals surface area contributed by atoms with Crippen molar-refractivity contribution in [2.75, 3.05) is 0 Å². The molecule has 7 nitrogen and oxygen atoms in total. The highest BCUT2D eigenvalue weighted by atomic mass is 16.6. The first-order valence-corrected chi connectivity index (χ1v) is 18.3. The third-order valence-electron chi connectivity index (χ3n) is 9.70. The van der Waals surface area contributed by atoms with Gasteiger partial charge in [-0.3, -0.25) is 0 Å². The van der Waals surface area contributed by atoms with Gasteiger partial charge in [0.2, 0.25) is 0 Å². The molecule has 0 unspecified atom stereocenters. The number of aliphatic hydroxyl groups is 3. The van der Waals surface area contributed by atoms with E-state index >= 15 is 0 Å². The summed E-state index contributed by atoms with van der Waals surface area (Å²) in [6.45, 7) is 4.08. The van der Waals surface area contributed by atoms with E-state index in [1.54, 1.807) is 6.08 Å². The average molecular weight is 621 g/mol. The lowest BCUT2D eigenvalue weighted by molar-refractivity contribution is -0.139. The first-order valence-electron chi connectivity index (χ1n) is 18.3. The zero-order chi connectivity index (χ0) is 31.6. The Hall–Kier alpha value is -1.25. The van der Waals surface area contributed by atoms with Crippen molar-refractivity contribution >= 4 is 5.97 Å². The van der Waals surface area contributed by atoms with E-state index in [4.69, 9.17) is 14.2 Å². The van der Waals surface area contributed by atoms with Crippen molar-refractivity contribution in [2.45, 2.75) is 204 Å². The van der Waals surface area contributed by atoms with Gasteiger partial charge in [-0.25, -0.2) is 4.79 Å². The number of carbonyl (C=O) groups is 1. The SMILES string of the molecule is CCCCCCCCCC[C@@H](O)[C@@H]1CC[C@@H]([C@@H]2CC[C@H]([C@H](O)CC/C=C/CCCCCC[C@@H](O)CC3=C[C@H](C)OC3=O)O2)O1. The molecule has 3 N–H and O–H groups in total. The molecule has 3 heterocycles. The quantitative estimate of drug-likeness (QED) is 0.0579. The Kier molecular flexibility index (Phi) is 18.2. The number of esters is 1. The maximum atomic E-state index is 11.7. The first-order chi connectivity index (χ1) is 21.4. The summed E-state index contributed by atoms with van der Waals surface area (Å²) in [5.41, 5.74) is 0.607. The average Bonchev–Trinajstić information content (AvgIpc) is 3.75. The summed E-state index contributed by atoms with van der Waals surface area (Å²) in [7, 11) is 0. The van der Waals surface area contributed by atoms with Gasteiger partial charge in [0.1, 0.15) is 6.10 Å². The van der Waals surface area contributed by atoms with Gasteiger partial charge in [0.25, 0.3) is 0 Å². The molecule has 0 aromatic heterocycles. The van der Waals surface area contributed by atoms with Crippen LogP contribution in [-0.2, 0) is 19.0 Å². The summed E-state index contributed by atoms with van der Waals surface area (Å²) >= 11 is 0. The fraction of sp³-hybridized carbons (Fsp3) is 0.865. The second-order valence-electron chi connectivity index (χ2n) is 13.7. The summed E-state index contributed by atoms with van der Waals surface area (Å²) in [5, 5.41) is 31.6. The van der Waals surface area contributed by atoms with Crippen LogP contribution < -0.4 is 0 Å². The molecule has 254 valence electrons. The minimum atomic E-state index is -0.477. The van der Waals surface area contributed by atoms with Gasteiger partial charge in [-0.1, -0.05) is 89.7 Å². The lowest BCUT2D eigenvalue weighted by atomic mass is 10.0. The van der Waals surface area contributed by atoms with Crippen LogP contribution in [0.4, 0.5) is 0 Å². The van der Waals surface area contributed by atoms with E-state index in [2.05, 4.69) is 19.1 Å². The highest BCUT2D eigenvalue weighted by Crippen LogP contribution is 2.34. The molecule has 0 amide bonds. The van der Waals surface area contributed by atoms with Crippen LogP contribution in [-0.4, -0.2) is 70.1 Å². The molecular weight excluding hydrogens is 556 g/mol. The normalized spacial score (nSPS) is 27.6. The largest absolute Gasteiger partial charge is 0.455 e. The summed E-state index contributed by atoms with van der Waals surface area (Å²) in [6.07, 6.45) is 27.2. The minimum absolute atomic E-state index is 0.0339. The standard InChI is InChI=1S/C37H64O7/c1-3-4-5-6-7-11-14-17-20-31(39)33-22-24-35(43-33)36-25-23-34(44-36)32(40)21-18-15-12-9-8-10-13-16-19-30(38)27-29-26-28(2)42-37(29)41/h12,15,26,28,30-36,38-40H,3-11,13-14,16-25,27H2,1-2H3/b15-12+/t28-,30+,31+,32+,33-,34+,35-,36-/m0/s1. The summed E-state index contributed by atoms with van der Waals surface area (Å²) < 4.78 is 17.6. The first kappa shape index (κ1) is 37.2. The third-order valence-corrected chi connectivity index (χ3v) is 9.70. The van der Waals surface area contributed by atoms with E-state index in [0.29, 0.717) is 24.8 Å². The van der Waals surface area contributed by atoms with Crippen LogP contribution in [0.5, 0.6) is 0 Å². The van der Waals surface area contributed by atoms with E-state index < -0.39 is 12.2 Å². The number of hydrogen-bond donors (Lipinski definition) is 3. The molecule has 2 saturated heterocycles. The summed E-state index contributed by atoms with van der Waals surface area (Å²) in [4.78, 5) is 11.7. The van der Waals surface area contributed by atoms with E-state index in [9.17, 15) is 20.1 Å². The van der Waals surface area contributed by atoms with Gasteiger partial charge in [-0.15, -0.1) is 0 Å². The smallest absolute Gasteiger partial charge is 0.334 e. The second-order valence-corrected chi connectivity index (χ2v) is 13.7. The van der Waals surface area contributed by atoms with E-state index in [0.717, 1.165) is 77.0 Å². The molecule has 3 aliphatic rings. The Morgan fingerprint density at radius 2 is 1.27 bits per heavy atom. The molecule has 0 saturated carbocycles. The molecule has 7 heteroatoms. The molecule has 2 fully saturated rings. The summed E-state index contributed by atoms with van der Waals surface area (Å²) in [6, 6.07) is 0. The molecular formula is C37H64O7. The van der Waals surface area contributed by atoms with Crippen molar-refractivity contribution in [3.05, 3.63) is 23.8 Å². The van der Waals surface area contributed by atoms with Crippen molar-refractivity contribution in [1.82, 2.24) is 0 Å². The van der Waals surface area contributed by atoms with Crippen LogP contribution in [0.1, 0.15) is 155 Å². The zero-order valence-electron chi connectivity index (χ0n) is 27.9. The van der Waals surface area contributed by atoms with Gasteiger partial charge in [-0.2, -0.15) is 0 Å². The highest BCUT2D eigenvalue weighted by Gasteiger charge is 2.40. The van der Waals surface area contributed by atoms with Gasteiger partial charge in [0, 0.05) is 12.0 Å². The zero-order valence-corrected chi connectivity index (χ0v) is 27.9. The number of hydrogen-bond acceptors (Lipinski definition) is 7. The Morgan fingerprint density at radius 3 is 1.89 bits per heavy atom.